The van der Waals surface area contributed by atoms with Crippen molar-refractivity contribution in [3.05, 3.63) is 90.0 Å². The van der Waals surface area contributed by atoms with Gasteiger partial charge >= 0.3 is 5.97 Å². The second-order valence-corrected chi connectivity index (χ2v) is 8.53. The minimum absolute atomic E-state index is 0.204. The van der Waals surface area contributed by atoms with Crippen LogP contribution in [-0.2, 0) is 14.8 Å². The Bertz CT molecular complexity index is 1300. The first-order valence-electron chi connectivity index (χ1n) is 9.03. The lowest BCUT2D eigenvalue weighted by Crippen LogP contribution is -2.14. The molecule has 1 aromatic heterocycles. The molecule has 0 fully saturated rings. The minimum Gasteiger partial charge on any atom is -0.465 e. The van der Waals surface area contributed by atoms with Gasteiger partial charge in [0.05, 0.1) is 28.8 Å². The van der Waals surface area contributed by atoms with Crippen LogP contribution in [0.3, 0.4) is 0 Å². The van der Waals surface area contributed by atoms with Crippen molar-refractivity contribution < 1.29 is 17.9 Å². The first kappa shape index (κ1) is 19.0. The lowest BCUT2D eigenvalue weighted by atomic mass is 10.1. The molecule has 3 aromatic carbocycles. The molecule has 0 spiro atoms. The SMILES string of the molecule is COC(=O)c1ccc2c(c1)cc(-c1ccccc1)n2S(=O)(=O)c1ccc(C)cc1. The standard InChI is InChI=1S/C23H19NO4S/c1-16-8-11-20(12-9-16)29(26,27)24-21-13-10-18(23(25)28-2)14-19(21)15-22(24)17-6-4-3-5-7-17/h3-15H,1-2H3. The van der Waals surface area contributed by atoms with E-state index in [9.17, 15) is 13.2 Å². The zero-order valence-corrected chi connectivity index (χ0v) is 16.8. The Hall–Kier alpha value is -3.38. The summed E-state index contributed by atoms with van der Waals surface area (Å²) in [4.78, 5) is 12.1. The average molecular weight is 405 g/mol. The average Bonchev–Trinajstić information content (AvgIpc) is 3.13. The predicted octanol–water partition coefficient (Wildman–Crippen LogP) is 4.64. The van der Waals surface area contributed by atoms with Crippen molar-refractivity contribution in [1.82, 2.24) is 3.97 Å². The van der Waals surface area contributed by atoms with Gasteiger partial charge in [0, 0.05) is 5.39 Å². The van der Waals surface area contributed by atoms with E-state index in [4.69, 9.17) is 4.74 Å². The Labute approximate surface area is 169 Å². The highest BCUT2D eigenvalue weighted by atomic mass is 32.2. The van der Waals surface area contributed by atoms with E-state index >= 15 is 0 Å². The fourth-order valence-electron chi connectivity index (χ4n) is 3.32. The smallest absolute Gasteiger partial charge is 0.337 e. The van der Waals surface area contributed by atoms with Crippen molar-refractivity contribution in [2.45, 2.75) is 11.8 Å². The van der Waals surface area contributed by atoms with Gasteiger partial charge in [0.1, 0.15) is 0 Å². The molecule has 29 heavy (non-hydrogen) atoms. The van der Waals surface area contributed by atoms with E-state index in [1.54, 1.807) is 48.5 Å². The van der Waals surface area contributed by atoms with Crippen molar-refractivity contribution >= 4 is 26.9 Å². The number of carbonyl (C=O) groups excluding carboxylic acids is 1. The Balaban J connectivity index is 2.02. The van der Waals surface area contributed by atoms with Crippen LogP contribution in [0.1, 0.15) is 15.9 Å². The third-order valence-corrected chi connectivity index (χ3v) is 6.55. The van der Waals surface area contributed by atoms with E-state index in [0.717, 1.165) is 11.1 Å². The highest BCUT2D eigenvalue weighted by Crippen LogP contribution is 2.33. The predicted molar refractivity (Wildman–Crippen MR) is 112 cm³/mol. The van der Waals surface area contributed by atoms with Gasteiger partial charge in [-0.25, -0.2) is 17.2 Å². The zero-order valence-electron chi connectivity index (χ0n) is 16.0. The first-order chi connectivity index (χ1) is 13.9. The largest absolute Gasteiger partial charge is 0.465 e. The summed E-state index contributed by atoms with van der Waals surface area (Å²) in [5, 5.41) is 0.641. The number of fused-ring (bicyclic) bond motifs is 1. The fourth-order valence-corrected chi connectivity index (χ4v) is 4.85. The van der Waals surface area contributed by atoms with Gasteiger partial charge in [0.15, 0.2) is 0 Å². The molecule has 1 heterocycles. The number of rotatable bonds is 4. The number of aromatic nitrogens is 1. The summed E-state index contributed by atoms with van der Waals surface area (Å²) in [5.41, 5.74) is 3.14. The maximum absolute atomic E-state index is 13.6. The quantitative estimate of drug-likeness (QED) is 0.464. The Morgan fingerprint density at radius 3 is 2.24 bits per heavy atom. The highest BCUT2D eigenvalue weighted by Gasteiger charge is 2.24. The molecule has 4 rings (SSSR count). The normalized spacial score (nSPS) is 11.5. The number of nitrogens with zero attached hydrogens (tertiary/aromatic N) is 1. The van der Waals surface area contributed by atoms with E-state index in [0.29, 0.717) is 22.2 Å². The molecule has 0 unspecified atom stereocenters. The summed E-state index contributed by atoms with van der Waals surface area (Å²) in [5.74, 6) is -0.470. The summed E-state index contributed by atoms with van der Waals surface area (Å²) >= 11 is 0. The van der Waals surface area contributed by atoms with Crippen LogP contribution in [0, 0.1) is 6.92 Å². The van der Waals surface area contributed by atoms with Gasteiger partial charge in [-0.3, -0.25) is 0 Å². The summed E-state index contributed by atoms with van der Waals surface area (Å²) in [6.45, 7) is 1.91. The van der Waals surface area contributed by atoms with Crippen molar-refractivity contribution in [3.8, 4) is 11.3 Å². The topological polar surface area (TPSA) is 65.4 Å². The van der Waals surface area contributed by atoms with Crippen LogP contribution in [0.4, 0.5) is 0 Å². The molecule has 146 valence electrons. The zero-order chi connectivity index (χ0) is 20.6. The maximum atomic E-state index is 13.6. The number of esters is 1. The highest BCUT2D eigenvalue weighted by molar-refractivity contribution is 7.90. The molecule has 0 atom stereocenters. The third-order valence-electron chi connectivity index (χ3n) is 4.81. The molecule has 0 saturated carbocycles. The van der Waals surface area contributed by atoms with Gasteiger partial charge in [-0.2, -0.15) is 0 Å². The molecule has 6 heteroatoms. The molecular weight excluding hydrogens is 386 g/mol. The molecule has 0 aliphatic rings. The number of benzene rings is 3. The molecular formula is C23H19NO4S. The molecule has 4 aromatic rings. The Kier molecular flexibility index (Phi) is 4.72. The van der Waals surface area contributed by atoms with Crippen LogP contribution in [0.15, 0.2) is 83.8 Å². The number of hydrogen-bond donors (Lipinski definition) is 0. The molecule has 0 aliphatic heterocycles. The molecule has 0 radical (unpaired) electrons. The molecule has 0 aliphatic carbocycles. The van der Waals surface area contributed by atoms with Crippen molar-refractivity contribution in [3.63, 3.8) is 0 Å². The van der Waals surface area contributed by atoms with E-state index in [1.165, 1.54) is 11.1 Å². The second kappa shape index (κ2) is 7.22. The monoisotopic (exact) mass is 405 g/mol. The number of carbonyl (C=O) groups is 1. The van der Waals surface area contributed by atoms with Gasteiger partial charge in [-0.05, 0) is 48.9 Å². The third kappa shape index (κ3) is 3.32. The molecule has 0 bridgehead atoms. The fraction of sp³-hybridized carbons (Fsp3) is 0.0870. The first-order valence-corrected chi connectivity index (χ1v) is 10.5. The van der Waals surface area contributed by atoms with Gasteiger partial charge in [-0.1, -0.05) is 48.0 Å². The van der Waals surface area contributed by atoms with E-state index in [1.807, 2.05) is 37.3 Å². The number of hydrogen-bond acceptors (Lipinski definition) is 4. The van der Waals surface area contributed by atoms with E-state index in [2.05, 4.69) is 0 Å². The van der Waals surface area contributed by atoms with Crippen molar-refractivity contribution in [2.75, 3.05) is 7.11 Å². The van der Waals surface area contributed by atoms with Crippen LogP contribution in [0.25, 0.3) is 22.2 Å². The lowest BCUT2D eigenvalue weighted by Gasteiger charge is -2.12. The summed E-state index contributed by atoms with van der Waals surface area (Å²) in [6.07, 6.45) is 0. The van der Waals surface area contributed by atoms with Crippen molar-refractivity contribution in [2.24, 2.45) is 0 Å². The van der Waals surface area contributed by atoms with Gasteiger partial charge in [-0.15, -0.1) is 0 Å². The summed E-state index contributed by atoms with van der Waals surface area (Å²) < 4.78 is 33.2. The van der Waals surface area contributed by atoms with Crippen LogP contribution in [-0.4, -0.2) is 25.5 Å². The number of ether oxygens (including phenoxy) is 1. The molecule has 0 amide bonds. The van der Waals surface area contributed by atoms with Gasteiger partial charge in [0.25, 0.3) is 10.0 Å². The van der Waals surface area contributed by atoms with Crippen molar-refractivity contribution in [1.29, 1.82) is 0 Å². The van der Waals surface area contributed by atoms with Crippen LogP contribution in [0.2, 0.25) is 0 Å². The lowest BCUT2D eigenvalue weighted by molar-refractivity contribution is 0.0601. The van der Waals surface area contributed by atoms with Crippen LogP contribution < -0.4 is 0 Å². The summed E-state index contributed by atoms with van der Waals surface area (Å²) in [7, 11) is -2.54. The Morgan fingerprint density at radius 2 is 1.59 bits per heavy atom. The molecule has 0 saturated heterocycles. The van der Waals surface area contributed by atoms with E-state index in [-0.39, 0.29) is 4.90 Å². The van der Waals surface area contributed by atoms with E-state index < -0.39 is 16.0 Å². The number of aryl methyl sites for hydroxylation is 1. The minimum atomic E-state index is -3.86. The Morgan fingerprint density at radius 1 is 0.897 bits per heavy atom. The number of methoxy groups -OCH3 is 1. The summed E-state index contributed by atoms with van der Waals surface area (Å²) in [6, 6.07) is 22.7. The maximum Gasteiger partial charge on any atom is 0.337 e. The van der Waals surface area contributed by atoms with Crippen LogP contribution >= 0.6 is 0 Å². The molecule has 0 N–H and O–H groups in total. The second-order valence-electron chi connectivity index (χ2n) is 6.74. The van der Waals surface area contributed by atoms with Gasteiger partial charge < -0.3 is 4.74 Å². The van der Waals surface area contributed by atoms with Crippen LogP contribution in [0.5, 0.6) is 0 Å². The van der Waals surface area contributed by atoms with Gasteiger partial charge in [0.2, 0.25) is 0 Å². The molecule has 5 nitrogen and oxygen atoms in total.